The van der Waals surface area contributed by atoms with Gasteiger partial charge in [-0.15, -0.1) is 12.4 Å². The van der Waals surface area contributed by atoms with Gasteiger partial charge in [-0.2, -0.15) is 25.3 Å². The lowest BCUT2D eigenvalue weighted by Gasteiger charge is -2.36. The zero-order chi connectivity index (χ0) is 38.0. The SMILES string of the molecule is CC1CN(CCCF)C1.CC1CNC1.CS(=O)(=O)CCS(=O)(=O)O.Cl.FCCCBr.NC1CN(CCCF)C1.O=S(=O)(O)CCS(=O)(=O)O. The number of hydrogen-bond acceptors (Lipinski definition) is 12. The Morgan fingerprint density at radius 2 is 1.00 bits per heavy atom. The van der Waals surface area contributed by atoms with Gasteiger partial charge in [0, 0.05) is 56.9 Å². The van der Waals surface area contributed by atoms with E-state index in [9.17, 15) is 46.8 Å². The van der Waals surface area contributed by atoms with Gasteiger partial charge in [0.25, 0.3) is 30.4 Å². The van der Waals surface area contributed by atoms with Crippen molar-refractivity contribution >= 4 is 68.5 Å². The number of sulfone groups is 1. The molecule has 0 unspecified atom stereocenters. The van der Waals surface area contributed by atoms with Crippen LogP contribution in [0.4, 0.5) is 13.2 Å². The lowest BCUT2D eigenvalue weighted by Crippen LogP contribution is -2.55. The van der Waals surface area contributed by atoms with E-state index in [2.05, 4.69) is 44.9 Å². The fourth-order valence-electron chi connectivity index (χ4n) is 3.32. The average Bonchev–Trinajstić information content (AvgIpc) is 2.90. The van der Waals surface area contributed by atoms with Crippen molar-refractivity contribution in [3.63, 3.8) is 0 Å². The Hall–Kier alpha value is 0.0800. The summed E-state index contributed by atoms with van der Waals surface area (Å²) in [5.74, 6) is -1.42. The molecule has 0 aromatic heterocycles. The Kier molecular flexibility index (Phi) is 34.8. The van der Waals surface area contributed by atoms with E-state index in [1.54, 1.807) is 0 Å². The van der Waals surface area contributed by atoms with Crippen molar-refractivity contribution in [2.45, 2.75) is 39.2 Å². The van der Waals surface area contributed by atoms with Crippen LogP contribution >= 0.6 is 28.3 Å². The molecule has 3 aliphatic rings. The van der Waals surface area contributed by atoms with Gasteiger partial charge in [-0.05, 0) is 44.2 Å². The molecule has 3 rings (SSSR count). The molecule has 0 saturated carbocycles. The van der Waals surface area contributed by atoms with Gasteiger partial charge in [0.1, 0.15) is 9.84 Å². The number of alkyl halides is 4. The van der Waals surface area contributed by atoms with Crippen LogP contribution in [0.3, 0.4) is 0 Å². The summed E-state index contributed by atoms with van der Waals surface area (Å²) in [4.78, 5) is 4.47. The molecule has 3 fully saturated rings. The van der Waals surface area contributed by atoms with Crippen molar-refractivity contribution in [1.82, 2.24) is 15.1 Å². The largest absolute Gasteiger partial charge is 0.325 e. The van der Waals surface area contributed by atoms with Gasteiger partial charge in [-0.1, -0.05) is 29.8 Å². The Labute approximate surface area is 306 Å². The molecule has 0 bridgehead atoms. The van der Waals surface area contributed by atoms with Crippen molar-refractivity contribution in [2.24, 2.45) is 17.6 Å². The summed E-state index contributed by atoms with van der Waals surface area (Å²) in [5, 5.41) is 3.94. The molecule has 3 aliphatic heterocycles. The molecule has 0 amide bonds. The Morgan fingerprint density at radius 1 is 0.673 bits per heavy atom. The van der Waals surface area contributed by atoms with Crippen LogP contribution in [0.1, 0.15) is 33.1 Å². The monoisotopic (exact) mass is 888 g/mol. The molecule has 0 aliphatic carbocycles. The van der Waals surface area contributed by atoms with Crippen LogP contribution in [-0.2, 0) is 40.2 Å². The number of nitrogens with two attached hydrogens (primary N) is 1. The van der Waals surface area contributed by atoms with Gasteiger partial charge in [-0.25, -0.2) is 8.42 Å². The molecule has 3 heterocycles. The maximum Gasteiger partial charge on any atom is 0.265 e. The predicted molar refractivity (Wildman–Crippen MR) is 194 cm³/mol. The van der Waals surface area contributed by atoms with Crippen molar-refractivity contribution in [2.75, 3.05) is 107 Å². The van der Waals surface area contributed by atoms with Gasteiger partial charge in [0.15, 0.2) is 0 Å². The highest BCUT2D eigenvalue weighted by molar-refractivity contribution is 9.09. The highest BCUT2D eigenvalue weighted by Gasteiger charge is 2.22. The number of nitrogens with one attached hydrogen (secondary N) is 1. The molecule has 302 valence electrons. The standard InChI is InChI=1S/C7H14FN.C6H13FN2.C4H9N.C3H6BrF.C3H8O5S2.C2H6O6S2.ClH/c1-7-5-9(6-7)4-2-3-8;7-2-1-3-9-4-6(8)5-9;1-4-2-5-3-4;4-2-1-3-5;1-9(4,5)2-3-10(6,7)8;3-9(4,5)1-2-10(6,7)8;/h7H,2-6H2,1H3;6H,1-5,8H2;4-5H,2-3H2,1H3;1-3H2;2-3H2,1H3,(H,6,7,8);1-2H2,(H,3,4,5)(H,6,7,8);1H. The number of rotatable bonds is 14. The molecule has 49 heavy (non-hydrogen) atoms. The summed E-state index contributed by atoms with van der Waals surface area (Å²) in [6.45, 7) is 12.5. The number of halogens is 5. The zero-order valence-corrected chi connectivity index (χ0v) is 34.0. The van der Waals surface area contributed by atoms with Gasteiger partial charge < -0.3 is 20.9 Å². The summed E-state index contributed by atoms with van der Waals surface area (Å²) >= 11 is 3.07. The third kappa shape index (κ3) is 48.1. The first kappa shape index (κ1) is 55.8. The minimum absolute atomic E-state index is 0. The van der Waals surface area contributed by atoms with Crippen molar-refractivity contribution in [1.29, 1.82) is 0 Å². The van der Waals surface area contributed by atoms with Gasteiger partial charge in [-0.3, -0.25) is 26.8 Å². The lowest BCUT2D eigenvalue weighted by atomic mass is 10.0. The zero-order valence-electron chi connectivity index (χ0n) is 28.3. The first-order valence-electron chi connectivity index (χ1n) is 15.1. The normalized spacial score (nSPS) is 17.0. The first-order valence-corrected chi connectivity index (χ1v) is 23.1. The van der Waals surface area contributed by atoms with E-state index in [1.165, 1.54) is 26.2 Å². The molecular weight excluding hydrogens is 833 g/mol. The van der Waals surface area contributed by atoms with Crippen LogP contribution in [0.2, 0.25) is 0 Å². The second-order valence-electron chi connectivity index (χ2n) is 11.5. The third-order valence-corrected chi connectivity index (χ3v) is 10.1. The Balaban J connectivity index is -0.000000251. The maximum absolute atomic E-state index is 11.6. The van der Waals surface area contributed by atoms with Gasteiger partial charge >= 0.3 is 0 Å². The van der Waals surface area contributed by atoms with Crippen LogP contribution in [0.15, 0.2) is 0 Å². The van der Waals surface area contributed by atoms with Crippen LogP contribution in [0.25, 0.3) is 0 Å². The van der Waals surface area contributed by atoms with Crippen LogP contribution in [0.5, 0.6) is 0 Å². The number of likely N-dealkylation sites (tertiary alicyclic amines) is 2. The van der Waals surface area contributed by atoms with Crippen molar-refractivity contribution in [3.05, 3.63) is 0 Å². The third-order valence-electron chi connectivity index (χ3n) is 5.91. The summed E-state index contributed by atoms with van der Waals surface area (Å²) in [6, 6.07) is 0.351. The Morgan fingerprint density at radius 3 is 1.16 bits per heavy atom. The van der Waals surface area contributed by atoms with E-state index >= 15 is 0 Å². The molecule has 6 N–H and O–H groups in total. The molecule has 0 radical (unpaired) electrons. The quantitative estimate of drug-likeness (QED) is 0.122. The molecule has 0 aromatic carbocycles. The van der Waals surface area contributed by atoms with Crippen LogP contribution in [-0.4, -0.2) is 170 Å². The predicted octanol–water partition coefficient (Wildman–Crippen LogP) is 1.36. The van der Waals surface area contributed by atoms with E-state index in [0.717, 1.165) is 49.6 Å². The fourth-order valence-corrected chi connectivity index (χ4v) is 7.27. The molecule has 15 nitrogen and oxygen atoms in total. The highest BCUT2D eigenvalue weighted by atomic mass is 79.9. The summed E-state index contributed by atoms with van der Waals surface area (Å²) in [5.41, 5.74) is 5.51. The summed E-state index contributed by atoms with van der Waals surface area (Å²) < 4.78 is 138. The molecule has 3 saturated heterocycles. The topological polar surface area (TPSA) is 242 Å². The van der Waals surface area contributed by atoms with E-state index < -0.39 is 63.2 Å². The Bertz CT molecular complexity index is 1080. The lowest BCUT2D eigenvalue weighted by molar-refractivity contribution is 0.109. The van der Waals surface area contributed by atoms with Gasteiger partial charge in [0.2, 0.25) is 0 Å². The minimum Gasteiger partial charge on any atom is -0.325 e. The summed E-state index contributed by atoms with van der Waals surface area (Å²) in [6.07, 6.45) is 2.91. The van der Waals surface area contributed by atoms with Crippen LogP contribution in [0, 0.1) is 11.8 Å². The van der Waals surface area contributed by atoms with Crippen LogP contribution < -0.4 is 11.1 Å². The number of hydrogen-bond donors (Lipinski definition) is 5. The van der Waals surface area contributed by atoms with Crippen molar-refractivity contribution < 1.29 is 60.5 Å². The van der Waals surface area contributed by atoms with E-state index in [0.29, 0.717) is 25.3 Å². The fraction of sp³-hybridized carbons (Fsp3) is 1.00. The molecule has 0 spiro atoms. The molecule has 0 aromatic rings. The minimum atomic E-state index is -4.30. The second kappa shape index (κ2) is 30.5. The summed E-state index contributed by atoms with van der Waals surface area (Å²) in [7, 11) is -16.0. The molecule has 0 atom stereocenters. The van der Waals surface area contributed by atoms with E-state index in [1.807, 2.05) is 0 Å². The maximum atomic E-state index is 11.6. The van der Waals surface area contributed by atoms with Gasteiger partial charge in [0.05, 0.1) is 43.0 Å². The average molecular weight is 890 g/mol. The number of nitrogens with zero attached hydrogens (tertiary/aromatic N) is 2. The second-order valence-corrected chi connectivity index (χ2v) is 19.2. The van der Waals surface area contributed by atoms with E-state index in [4.69, 9.17) is 19.4 Å². The molecule has 24 heteroatoms. The van der Waals surface area contributed by atoms with Crippen molar-refractivity contribution in [3.8, 4) is 0 Å². The first-order chi connectivity index (χ1) is 21.9. The molecular formula is C25H57BrClF3N4O11S4. The smallest absolute Gasteiger partial charge is 0.265 e. The van der Waals surface area contributed by atoms with E-state index in [-0.39, 0.29) is 32.4 Å². The highest BCUT2D eigenvalue weighted by Crippen LogP contribution is 2.13.